The van der Waals surface area contributed by atoms with Crippen LogP contribution in [0.4, 0.5) is 5.69 Å². The zero-order valence-corrected chi connectivity index (χ0v) is 10.1. The molecule has 0 aliphatic rings. The lowest BCUT2D eigenvalue weighted by molar-refractivity contribution is -0.385. The molecule has 2 rings (SSSR count). The van der Waals surface area contributed by atoms with Gasteiger partial charge in [0.15, 0.2) is 5.16 Å². The van der Waals surface area contributed by atoms with Crippen LogP contribution in [-0.2, 0) is 0 Å². The minimum Gasteiger partial charge on any atom is -0.477 e. The Morgan fingerprint density at radius 3 is 2.58 bits per heavy atom. The minimum absolute atomic E-state index is 0.272. The molecule has 0 bridgehead atoms. The van der Waals surface area contributed by atoms with E-state index in [0.29, 0.717) is 5.16 Å². The van der Waals surface area contributed by atoms with E-state index in [1.165, 1.54) is 12.4 Å². The average molecular weight is 278 g/mol. The predicted molar refractivity (Wildman–Crippen MR) is 64.0 cm³/mol. The van der Waals surface area contributed by atoms with Crippen LogP contribution < -0.4 is 0 Å². The van der Waals surface area contributed by atoms with Crippen molar-refractivity contribution in [2.45, 2.75) is 10.2 Å². The van der Waals surface area contributed by atoms with Crippen molar-refractivity contribution in [2.24, 2.45) is 0 Å². The molecule has 9 heteroatoms. The van der Waals surface area contributed by atoms with Crippen molar-refractivity contribution in [3.63, 3.8) is 0 Å². The number of aromatic carboxylic acids is 1. The largest absolute Gasteiger partial charge is 0.477 e. The highest BCUT2D eigenvalue weighted by Gasteiger charge is 2.21. The lowest BCUT2D eigenvalue weighted by atomic mass is 10.2. The summed E-state index contributed by atoms with van der Waals surface area (Å²) >= 11 is 1.02. The minimum atomic E-state index is -1.38. The Morgan fingerprint density at radius 2 is 2.00 bits per heavy atom. The van der Waals surface area contributed by atoms with E-state index in [0.717, 1.165) is 24.0 Å². The SMILES string of the molecule is O=C(O)c1cc(Sc2ncccn2)ncc1[N+](=O)[O-]. The molecular formula is C10H6N4O4S. The highest BCUT2D eigenvalue weighted by Crippen LogP contribution is 2.26. The number of hydrogen-bond donors (Lipinski definition) is 1. The van der Waals surface area contributed by atoms with Crippen LogP contribution in [0.1, 0.15) is 10.4 Å². The van der Waals surface area contributed by atoms with Gasteiger partial charge in [0.2, 0.25) is 0 Å². The molecule has 0 radical (unpaired) electrons. The average Bonchev–Trinajstić information content (AvgIpc) is 2.39. The molecule has 0 aliphatic heterocycles. The summed E-state index contributed by atoms with van der Waals surface area (Å²) in [7, 11) is 0. The summed E-state index contributed by atoms with van der Waals surface area (Å²) in [6.07, 6.45) is 3.96. The van der Waals surface area contributed by atoms with Gasteiger partial charge in [0.05, 0.1) is 4.92 Å². The van der Waals surface area contributed by atoms with Crippen molar-refractivity contribution in [3.05, 3.63) is 46.4 Å². The smallest absolute Gasteiger partial charge is 0.342 e. The van der Waals surface area contributed by atoms with E-state index in [1.54, 1.807) is 6.07 Å². The molecule has 2 aromatic rings. The summed E-state index contributed by atoms with van der Waals surface area (Å²) in [6.45, 7) is 0. The molecule has 0 aromatic carbocycles. The number of pyridine rings is 1. The highest BCUT2D eigenvalue weighted by molar-refractivity contribution is 7.99. The van der Waals surface area contributed by atoms with Gasteiger partial charge in [0, 0.05) is 12.4 Å². The fraction of sp³-hybridized carbons (Fsp3) is 0. The molecule has 0 atom stereocenters. The van der Waals surface area contributed by atoms with Crippen molar-refractivity contribution in [1.29, 1.82) is 0 Å². The molecule has 0 unspecified atom stereocenters. The third kappa shape index (κ3) is 3.01. The summed E-state index contributed by atoms with van der Waals surface area (Å²) in [6, 6.07) is 2.76. The maximum absolute atomic E-state index is 11.0. The van der Waals surface area contributed by atoms with E-state index in [2.05, 4.69) is 15.0 Å². The summed E-state index contributed by atoms with van der Waals surface area (Å²) in [5.41, 5.74) is -0.968. The van der Waals surface area contributed by atoms with Crippen molar-refractivity contribution in [3.8, 4) is 0 Å². The molecule has 19 heavy (non-hydrogen) atoms. The van der Waals surface area contributed by atoms with Crippen LogP contribution in [0.25, 0.3) is 0 Å². The van der Waals surface area contributed by atoms with Crippen molar-refractivity contribution in [2.75, 3.05) is 0 Å². The maximum Gasteiger partial charge on any atom is 0.342 e. The van der Waals surface area contributed by atoms with E-state index < -0.39 is 22.1 Å². The first-order valence-corrected chi connectivity index (χ1v) is 5.72. The van der Waals surface area contributed by atoms with E-state index in [4.69, 9.17) is 5.11 Å². The first kappa shape index (κ1) is 12.9. The standard InChI is InChI=1S/C10H6N4O4S/c15-9(16)6-4-8(13-5-7(6)14(17)18)19-10-11-2-1-3-12-10/h1-5H,(H,15,16). The van der Waals surface area contributed by atoms with Gasteiger partial charge in [-0.2, -0.15) is 0 Å². The molecule has 0 amide bonds. The number of nitrogens with zero attached hydrogens (tertiary/aromatic N) is 4. The van der Waals surface area contributed by atoms with Gasteiger partial charge in [-0.05, 0) is 23.9 Å². The van der Waals surface area contributed by atoms with Gasteiger partial charge in [-0.1, -0.05) is 0 Å². The Labute approximate surface area is 110 Å². The third-order valence-corrected chi connectivity index (χ3v) is 2.85. The van der Waals surface area contributed by atoms with E-state index in [9.17, 15) is 14.9 Å². The first-order chi connectivity index (χ1) is 9.08. The number of rotatable bonds is 4. The number of aromatic nitrogens is 3. The Bertz CT molecular complexity index is 635. The normalized spacial score (nSPS) is 10.1. The summed E-state index contributed by atoms with van der Waals surface area (Å²) in [4.78, 5) is 32.5. The second kappa shape index (κ2) is 5.40. The molecule has 2 aromatic heterocycles. The fourth-order valence-corrected chi connectivity index (χ4v) is 1.93. The van der Waals surface area contributed by atoms with Crippen LogP contribution >= 0.6 is 11.8 Å². The Morgan fingerprint density at radius 1 is 1.32 bits per heavy atom. The summed E-state index contributed by atoms with van der Waals surface area (Å²) in [5.74, 6) is -1.38. The van der Waals surface area contributed by atoms with Crippen LogP contribution in [0.3, 0.4) is 0 Å². The van der Waals surface area contributed by atoms with Gasteiger partial charge in [-0.25, -0.2) is 19.7 Å². The van der Waals surface area contributed by atoms with Crippen LogP contribution in [0.5, 0.6) is 0 Å². The first-order valence-electron chi connectivity index (χ1n) is 4.90. The molecule has 96 valence electrons. The number of carboxylic acid groups (broad SMARTS) is 1. The predicted octanol–water partition coefficient (Wildman–Crippen LogP) is 1.63. The van der Waals surface area contributed by atoms with Gasteiger partial charge in [0.1, 0.15) is 16.8 Å². The lowest BCUT2D eigenvalue weighted by Crippen LogP contribution is -2.04. The van der Waals surface area contributed by atoms with E-state index >= 15 is 0 Å². The van der Waals surface area contributed by atoms with Gasteiger partial charge >= 0.3 is 11.7 Å². The molecule has 0 saturated carbocycles. The van der Waals surface area contributed by atoms with Crippen LogP contribution in [0.2, 0.25) is 0 Å². The van der Waals surface area contributed by atoms with Crippen LogP contribution in [-0.4, -0.2) is 31.0 Å². The molecule has 0 spiro atoms. The molecule has 2 heterocycles. The second-order valence-corrected chi connectivity index (χ2v) is 4.22. The Kier molecular flexibility index (Phi) is 3.66. The number of hydrogen-bond acceptors (Lipinski definition) is 7. The quantitative estimate of drug-likeness (QED) is 0.509. The van der Waals surface area contributed by atoms with Gasteiger partial charge in [-0.15, -0.1) is 0 Å². The summed E-state index contributed by atoms with van der Waals surface area (Å²) in [5, 5.41) is 20.2. The highest BCUT2D eigenvalue weighted by atomic mass is 32.2. The third-order valence-electron chi connectivity index (χ3n) is 2.02. The number of nitro groups is 1. The Hall–Kier alpha value is -2.55. The topological polar surface area (TPSA) is 119 Å². The Balaban J connectivity index is 2.36. The molecule has 0 fully saturated rings. The molecule has 1 N–H and O–H groups in total. The van der Waals surface area contributed by atoms with E-state index in [1.807, 2.05) is 0 Å². The summed E-state index contributed by atoms with van der Waals surface area (Å²) < 4.78 is 0. The van der Waals surface area contributed by atoms with Gasteiger partial charge in [0.25, 0.3) is 0 Å². The van der Waals surface area contributed by atoms with Crippen molar-refractivity contribution >= 4 is 23.4 Å². The van der Waals surface area contributed by atoms with Gasteiger partial charge < -0.3 is 5.11 Å². The zero-order chi connectivity index (χ0) is 13.8. The molecule has 0 saturated heterocycles. The fourth-order valence-electron chi connectivity index (χ4n) is 1.23. The lowest BCUT2D eigenvalue weighted by Gasteiger charge is -2.01. The number of carbonyl (C=O) groups is 1. The number of carboxylic acids is 1. The molecular weight excluding hydrogens is 272 g/mol. The molecule has 8 nitrogen and oxygen atoms in total. The maximum atomic E-state index is 11.0. The van der Waals surface area contributed by atoms with Crippen LogP contribution in [0, 0.1) is 10.1 Å². The van der Waals surface area contributed by atoms with Crippen molar-refractivity contribution < 1.29 is 14.8 Å². The second-order valence-electron chi connectivity index (χ2n) is 3.24. The molecule has 0 aliphatic carbocycles. The van der Waals surface area contributed by atoms with Crippen molar-refractivity contribution in [1.82, 2.24) is 15.0 Å². The van der Waals surface area contributed by atoms with E-state index in [-0.39, 0.29) is 5.03 Å². The monoisotopic (exact) mass is 278 g/mol. The zero-order valence-electron chi connectivity index (χ0n) is 9.26. The van der Waals surface area contributed by atoms with Gasteiger partial charge in [-0.3, -0.25) is 10.1 Å². The van der Waals surface area contributed by atoms with Crippen LogP contribution in [0.15, 0.2) is 40.9 Å².